The Morgan fingerprint density at radius 3 is 2.58 bits per heavy atom. The van der Waals surface area contributed by atoms with Gasteiger partial charge in [-0.25, -0.2) is 0 Å². The van der Waals surface area contributed by atoms with E-state index in [1.54, 1.807) is 6.07 Å². The zero-order chi connectivity index (χ0) is 13.7. The summed E-state index contributed by atoms with van der Waals surface area (Å²) in [4.78, 5) is 21.3. The first-order valence-electron chi connectivity index (χ1n) is 5.14. The predicted molar refractivity (Wildman–Crippen MR) is 70.5 cm³/mol. The average Bonchev–Trinajstić information content (AvgIpc) is 2.37. The van der Waals surface area contributed by atoms with Crippen molar-refractivity contribution in [3.63, 3.8) is 0 Å². The van der Waals surface area contributed by atoms with Crippen LogP contribution in [0.3, 0.4) is 0 Å². The highest BCUT2D eigenvalue weighted by Crippen LogP contribution is 2.30. The van der Waals surface area contributed by atoms with Gasteiger partial charge in [0.2, 0.25) is 0 Å². The first-order chi connectivity index (χ1) is 8.49. The molecule has 0 spiro atoms. The SMILES string of the molecule is COC(=O)C[C@@H](N)c1ccc(OC)c([N+](=O)[O-])c1.Cl. The fraction of sp³-hybridized carbons (Fsp3) is 0.364. The number of nitro groups is 1. The Balaban J connectivity index is 0.00000324. The van der Waals surface area contributed by atoms with Gasteiger partial charge in [-0.1, -0.05) is 6.07 Å². The van der Waals surface area contributed by atoms with Gasteiger partial charge in [-0.15, -0.1) is 12.4 Å². The molecule has 0 heterocycles. The third kappa shape index (κ3) is 4.38. The smallest absolute Gasteiger partial charge is 0.311 e. The molecule has 1 rings (SSSR count). The number of nitrogens with zero attached hydrogens (tertiary/aromatic N) is 1. The molecule has 0 radical (unpaired) electrons. The van der Waals surface area contributed by atoms with E-state index in [0.29, 0.717) is 5.56 Å². The maximum Gasteiger partial charge on any atom is 0.311 e. The lowest BCUT2D eigenvalue weighted by atomic mass is 10.0. The lowest BCUT2D eigenvalue weighted by Crippen LogP contribution is -2.16. The van der Waals surface area contributed by atoms with Crippen LogP contribution in [0.2, 0.25) is 0 Å². The Hall–Kier alpha value is -1.86. The summed E-state index contributed by atoms with van der Waals surface area (Å²) in [5.41, 5.74) is 6.06. The molecule has 0 amide bonds. The number of esters is 1. The van der Waals surface area contributed by atoms with Crippen molar-refractivity contribution in [2.75, 3.05) is 14.2 Å². The van der Waals surface area contributed by atoms with Crippen molar-refractivity contribution < 1.29 is 19.2 Å². The third-order valence-corrected chi connectivity index (χ3v) is 2.44. The van der Waals surface area contributed by atoms with Gasteiger partial charge in [0.05, 0.1) is 25.6 Å². The molecule has 0 aromatic heterocycles. The number of benzene rings is 1. The Bertz CT molecular complexity index is 466. The van der Waals surface area contributed by atoms with Crippen LogP contribution in [0.15, 0.2) is 18.2 Å². The van der Waals surface area contributed by atoms with Gasteiger partial charge in [-0.05, 0) is 11.6 Å². The molecule has 8 heteroatoms. The van der Waals surface area contributed by atoms with Gasteiger partial charge in [0.1, 0.15) is 0 Å². The lowest BCUT2D eigenvalue weighted by Gasteiger charge is -2.11. The van der Waals surface area contributed by atoms with E-state index < -0.39 is 16.9 Å². The molecule has 0 aliphatic heterocycles. The normalized spacial score (nSPS) is 11.1. The average molecular weight is 291 g/mol. The molecule has 7 nitrogen and oxygen atoms in total. The van der Waals surface area contributed by atoms with Gasteiger partial charge in [-0.2, -0.15) is 0 Å². The first-order valence-corrected chi connectivity index (χ1v) is 5.14. The topological polar surface area (TPSA) is 105 Å². The molecule has 1 atom stereocenters. The van der Waals surface area contributed by atoms with Crippen molar-refractivity contribution in [3.05, 3.63) is 33.9 Å². The van der Waals surface area contributed by atoms with Crippen LogP contribution in [0.5, 0.6) is 5.75 Å². The number of hydrogen-bond acceptors (Lipinski definition) is 6. The summed E-state index contributed by atoms with van der Waals surface area (Å²) in [6.45, 7) is 0. The van der Waals surface area contributed by atoms with E-state index in [2.05, 4.69) is 4.74 Å². The third-order valence-electron chi connectivity index (χ3n) is 2.44. The minimum Gasteiger partial charge on any atom is -0.490 e. The number of hydrogen-bond donors (Lipinski definition) is 1. The van der Waals surface area contributed by atoms with Gasteiger partial charge in [0.25, 0.3) is 0 Å². The number of carbonyl (C=O) groups excluding carboxylic acids is 1. The molecular formula is C11H15ClN2O5. The molecule has 19 heavy (non-hydrogen) atoms. The Morgan fingerprint density at radius 1 is 1.47 bits per heavy atom. The zero-order valence-corrected chi connectivity index (χ0v) is 11.3. The number of methoxy groups -OCH3 is 2. The Kier molecular flexibility index (Phi) is 6.81. The molecule has 0 aliphatic carbocycles. The van der Waals surface area contributed by atoms with E-state index in [4.69, 9.17) is 10.5 Å². The van der Waals surface area contributed by atoms with Gasteiger partial charge in [0.15, 0.2) is 5.75 Å². The second kappa shape index (κ2) is 7.55. The summed E-state index contributed by atoms with van der Waals surface area (Å²) in [5.74, 6) is -0.324. The monoisotopic (exact) mass is 290 g/mol. The fourth-order valence-electron chi connectivity index (χ4n) is 1.46. The van der Waals surface area contributed by atoms with E-state index >= 15 is 0 Å². The fourth-order valence-corrected chi connectivity index (χ4v) is 1.46. The highest BCUT2D eigenvalue weighted by molar-refractivity contribution is 5.85. The van der Waals surface area contributed by atoms with Crippen LogP contribution in [-0.4, -0.2) is 25.1 Å². The van der Waals surface area contributed by atoms with Crippen molar-refractivity contribution in [2.24, 2.45) is 5.73 Å². The summed E-state index contributed by atoms with van der Waals surface area (Å²) in [6.07, 6.45) is -0.0417. The largest absolute Gasteiger partial charge is 0.490 e. The summed E-state index contributed by atoms with van der Waals surface area (Å²) in [6, 6.07) is 3.68. The van der Waals surface area contributed by atoms with Crippen LogP contribution in [-0.2, 0) is 9.53 Å². The first kappa shape index (κ1) is 17.1. The quantitative estimate of drug-likeness (QED) is 0.501. The number of rotatable bonds is 5. The minimum atomic E-state index is -0.651. The molecule has 0 aliphatic rings. The summed E-state index contributed by atoms with van der Waals surface area (Å²) >= 11 is 0. The minimum absolute atomic E-state index is 0. The highest BCUT2D eigenvalue weighted by atomic mass is 35.5. The molecule has 0 fully saturated rings. The molecule has 1 aromatic carbocycles. The maximum absolute atomic E-state index is 11.1. The number of carbonyl (C=O) groups is 1. The predicted octanol–water partition coefficient (Wildman–Crippen LogP) is 1.59. The van der Waals surface area contributed by atoms with Gasteiger partial charge in [-0.3, -0.25) is 14.9 Å². The molecule has 2 N–H and O–H groups in total. The molecule has 0 unspecified atom stereocenters. The van der Waals surface area contributed by atoms with Crippen LogP contribution < -0.4 is 10.5 Å². The second-order valence-electron chi connectivity index (χ2n) is 3.58. The summed E-state index contributed by atoms with van der Waals surface area (Å²) in [7, 11) is 2.60. The van der Waals surface area contributed by atoms with E-state index in [-0.39, 0.29) is 30.3 Å². The van der Waals surface area contributed by atoms with Crippen molar-refractivity contribution in [1.29, 1.82) is 0 Å². The Labute approximate surface area is 116 Å². The summed E-state index contributed by atoms with van der Waals surface area (Å²) in [5, 5.41) is 10.8. The van der Waals surface area contributed by atoms with Gasteiger partial charge < -0.3 is 15.2 Å². The van der Waals surface area contributed by atoms with Crippen LogP contribution in [0, 0.1) is 10.1 Å². The van der Waals surface area contributed by atoms with E-state index in [1.165, 1.54) is 26.4 Å². The molecule has 0 saturated heterocycles. The van der Waals surface area contributed by atoms with Gasteiger partial charge in [0, 0.05) is 12.1 Å². The molecule has 1 aromatic rings. The van der Waals surface area contributed by atoms with Crippen LogP contribution in [0.4, 0.5) is 5.69 Å². The number of halogens is 1. The van der Waals surface area contributed by atoms with Crippen molar-refractivity contribution >= 4 is 24.1 Å². The second-order valence-corrected chi connectivity index (χ2v) is 3.58. The molecule has 0 saturated carbocycles. The number of ether oxygens (including phenoxy) is 2. The lowest BCUT2D eigenvalue weighted by molar-refractivity contribution is -0.385. The molecule has 0 bridgehead atoms. The number of nitro benzene ring substituents is 1. The zero-order valence-electron chi connectivity index (χ0n) is 10.5. The van der Waals surface area contributed by atoms with Crippen LogP contribution >= 0.6 is 12.4 Å². The highest BCUT2D eigenvalue weighted by Gasteiger charge is 2.19. The summed E-state index contributed by atoms with van der Waals surface area (Å²) < 4.78 is 9.36. The van der Waals surface area contributed by atoms with Crippen molar-refractivity contribution in [2.45, 2.75) is 12.5 Å². The standard InChI is InChI=1S/C11H14N2O5.ClH/c1-17-10-4-3-7(5-9(10)13(15)16)8(12)6-11(14)18-2;/h3-5,8H,6,12H2,1-2H3;1H/t8-;/m1./s1. The van der Waals surface area contributed by atoms with Crippen LogP contribution in [0.25, 0.3) is 0 Å². The van der Waals surface area contributed by atoms with Crippen molar-refractivity contribution in [1.82, 2.24) is 0 Å². The Morgan fingerprint density at radius 2 is 2.11 bits per heavy atom. The van der Waals surface area contributed by atoms with Crippen LogP contribution in [0.1, 0.15) is 18.0 Å². The number of nitrogens with two attached hydrogens (primary N) is 1. The molecular weight excluding hydrogens is 276 g/mol. The van der Waals surface area contributed by atoms with E-state index in [9.17, 15) is 14.9 Å². The van der Waals surface area contributed by atoms with E-state index in [1.807, 2.05) is 0 Å². The molecule has 106 valence electrons. The van der Waals surface area contributed by atoms with Gasteiger partial charge >= 0.3 is 11.7 Å². The maximum atomic E-state index is 11.1. The van der Waals surface area contributed by atoms with E-state index in [0.717, 1.165) is 0 Å². The van der Waals surface area contributed by atoms with Crippen molar-refractivity contribution in [3.8, 4) is 5.75 Å².